The summed E-state index contributed by atoms with van der Waals surface area (Å²) < 4.78 is 2.72. The molecule has 0 fully saturated rings. The number of hydrogen-bond acceptors (Lipinski definition) is 2. The molecule has 2 aromatic heterocycles. The number of aromatic nitrogens is 3. The van der Waals surface area contributed by atoms with Gasteiger partial charge in [-0.05, 0) is 28.7 Å². The Morgan fingerprint density at radius 1 is 1.50 bits per heavy atom. The molecule has 2 rings (SSSR count). The quantitative estimate of drug-likeness (QED) is 0.756. The van der Waals surface area contributed by atoms with Crippen LogP contribution in [0.15, 0.2) is 12.3 Å². The van der Waals surface area contributed by atoms with E-state index in [1.54, 1.807) is 4.52 Å². The molecule has 2 heterocycles. The van der Waals surface area contributed by atoms with Gasteiger partial charge in [-0.25, -0.2) is 9.50 Å². The zero-order valence-corrected chi connectivity index (χ0v) is 10.7. The zero-order chi connectivity index (χ0) is 10.3. The summed E-state index contributed by atoms with van der Waals surface area (Å²) in [5.74, 6) is 1.15. The van der Waals surface area contributed by atoms with Gasteiger partial charge in [0.2, 0.25) is 0 Å². The molecule has 0 amide bonds. The molecule has 0 bridgehead atoms. The largest absolute Gasteiger partial charge is 0.219 e. The fourth-order valence-electron chi connectivity index (χ4n) is 1.15. The van der Waals surface area contributed by atoms with Crippen LogP contribution in [-0.2, 0) is 0 Å². The molecule has 0 radical (unpaired) electrons. The van der Waals surface area contributed by atoms with Crippen LogP contribution >= 0.6 is 34.2 Å². The molecule has 0 aromatic carbocycles. The van der Waals surface area contributed by atoms with Gasteiger partial charge < -0.3 is 0 Å². The van der Waals surface area contributed by atoms with E-state index < -0.39 is 0 Å². The van der Waals surface area contributed by atoms with Crippen LogP contribution in [0.25, 0.3) is 5.65 Å². The summed E-state index contributed by atoms with van der Waals surface area (Å²) >= 11 is 8.30. The van der Waals surface area contributed by atoms with E-state index in [2.05, 4.69) is 46.5 Å². The van der Waals surface area contributed by atoms with E-state index in [0.717, 1.165) is 15.0 Å². The maximum absolute atomic E-state index is 6.11. The SMILES string of the molecule is CC(C)c1nc2c(Cl)c(I)ccn2n1. The maximum Gasteiger partial charge on any atom is 0.175 e. The monoisotopic (exact) mass is 321 g/mol. The minimum atomic E-state index is 0.323. The second-order valence-electron chi connectivity index (χ2n) is 3.37. The fraction of sp³-hybridized carbons (Fsp3) is 0.333. The highest BCUT2D eigenvalue weighted by Gasteiger charge is 2.11. The van der Waals surface area contributed by atoms with Gasteiger partial charge in [-0.15, -0.1) is 0 Å². The number of fused-ring (bicyclic) bond motifs is 1. The van der Waals surface area contributed by atoms with E-state index in [0.29, 0.717) is 10.9 Å². The van der Waals surface area contributed by atoms with Crippen LogP contribution in [0.3, 0.4) is 0 Å². The van der Waals surface area contributed by atoms with Gasteiger partial charge >= 0.3 is 0 Å². The predicted octanol–water partition coefficient (Wildman–Crippen LogP) is 3.11. The number of hydrogen-bond donors (Lipinski definition) is 0. The average Bonchev–Trinajstić information content (AvgIpc) is 2.56. The number of nitrogens with zero attached hydrogens (tertiary/aromatic N) is 3. The predicted molar refractivity (Wildman–Crippen MR) is 64.8 cm³/mol. The van der Waals surface area contributed by atoms with Crippen molar-refractivity contribution in [3.8, 4) is 0 Å². The molecule has 0 saturated carbocycles. The van der Waals surface area contributed by atoms with Gasteiger partial charge in [0.15, 0.2) is 11.5 Å². The molecule has 74 valence electrons. The molecule has 3 nitrogen and oxygen atoms in total. The van der Waals surface area contributed by atoms with Gasteiger partial charge in [-0.3, -0.25) is 0 Å². The highest BCUT2D eigenvalue weighted by Crippen LogP contribution is 2.23. The van der Waals surface area contributed by atoms with Crippen LogP contribution in [0.4, 0.5) is 0 Å². The van der Waals surface area contributed by atoms with Crippen LogP contribution in [0, 0.1) is 3.57 Å². The molecule has 0 saturated heterocycles. The van der Waals surface area contributed by atoms with Gasteiger partial charge in [0.05, 0.1) is 5.02 Å². The first-order valence-electron chi connectivity index (χ1n) is 4.30. The van der Waals surface area contributed by atoms with Crippen molar-refractivity contribution in [1.29, 1.82) is 0 Å². The van der Waals surface area contributed by atoms with Crippen molar-refractivity contribution in [3.05, 3.63) is 26.7 Å². The van der Waals surface area contributed by atoms with Gasteiger partial charge in [-0.2, -0.15) is 5.10 Å². The Labute approximate surface area is 101 Å². The third-order valence-electron chi connectivity index (χ3n) is 1.93. The summed E-state index contributed by atoms with van der Waals surface area (Å²) in [6, 6.07) is 1.93. The molecular formula is C9H9ClIN3. The van der Waals surface area contributed by atoms with Gasteiger partial charge in [0, 0.05) is 15.7 Å². The van der Waals surface area contributed by atoms with Crippen molar-refractivity contribution in [2.75, 3.05) is 0 Å². The Bertz CT molecular complexity index is 478. The molecule has 0 aliphatic rings. The smallest absolute Gasteiger partial charge is 0.175 e. The third-order valence-corrected chi connectivity index (χ3v) is 3.52. The van der Waals surface area contributed by atoms with Gasteiger partial charge in [0.25, 0.3) is 0 Å². The normalized spacial score (nSPS) is 11.5. The van der Waals surface area contributed by atoms with Crippen molar-refractivity contribution in [2.45, 2.75) is 19.8 Å². The number of halogens is 2. The highest BCUT2D eigenvalue weighted by molar-refractivity contribution is 14.1. The van der Waals surface area contributed by atoms with Crippen LogP contribution in [0.2, 0.25) is 5.02 Å². The summed E-state index contributed by atoms with van der Waals surface area (Å²) in [4.78, 5) is 4.39. The third kappa shape index (κ3) is 1.61. The lowest BCUT2D eigenvalue weighted by atomic mass is 10.2. The number of pyridine rings is 1. The standard InChI is InChI=1S/C9H9ClIN3/c1-5(2)8-12-9-7(10)6(11)3-4-14(9)13-8/h3-5H,1-2H3. The lowest BCUT2D eigenvalue weighted by Crippen LogP contribution is -1.91. The topological polar surface area (TPSA) is 30.2 Å². The highest BCUT2D eigenvalue weighted by atomic mass is 127. The molecule has 0 atom stereocenters. The Hall–Kier alpha value is -0.360. The minimum Gasteiger partial charge on any atom is -0.219 e. The van der Waals surface area contributed by atoms with Crippen LogP contribution in [-0.4, -0.2) is 14.6 Å². The van der Waals surface area contributed by atoms with Crippen LogP contribution in [0.5, 0.6) is 0 Å². The lowest BCUT2D eigenvalue weighted by Gasteiger charge is -1.95. The second-order valence-corrected chi connectivity index (χ2v) is 4.91. The van der Waals surface area contributed by atoms with E-state index in [1.165, 1.54) is 0 Å². The van der Waals surface area contributed by atoms with Crippen molar-refractivity contribution in [1.82, 2.24) is 14.6 Å². The molecule has 14 heavy (non-hydrogen) atoms. The molecule has 0 N–H and O–H groups in total. The average molecular weight is 322 g/mol. The van der Waals surface area contributed by atoms with Crippen LogP contribution < -0.4 is 0 Å². The minimum absolute atomic E-state index is 0.323. The molecule has 0 spiro atoms. The zero-order valence-electron chi connectivity index (χ0n) is 7.83. The Morgan fingerprint density at radius 2 is 2.21 bits per heavy atom. The molecule has 5 heteroatoms. The van der Waals surface area contributed by atoms with Gasteiger partial charge in [-0.1, -0.05) is 25.4 Å². The number of rotatable bonds is 1. The summed E-state index contributed by atoms with van der Waals surface area (Å²) in [5, 5.41) is 5.01. The first kappa shape index (κ1) is 10.2. The van der Waals surface area contributed by atoms with E-state index >= 15 is 0 Å². The van der Waals surface area contributed by atoms with E-state index in [1.807, 2.05) is 12.3 Å². The molecule has 0 aliphatic carbocycles. The van der Waals surface area contributed by atoms with E-state index in [9.17, 15) is 0 Å². The summed E-state index contributed by atoms with van der Waals surface area (Å²) in [5.41, 5.74) is 0.738. The van der Waals surface area contributed by atoms with Crippen molar-refractivity contribution in [3.63, 3.8) is 0 Å². The summed E-state index contributed by atoms with van der Waals surface area (Å²) in [7, 11) is 0. The lowest BCUT2D eigenvalue weighted by molar-refractivity contribution is 0.765. The summed E-state index contributed by atoms with van der Waals surface area (Å²) in [6.07, 6.45) is 1.88. The van der Waals surface area contributed by atoms with Crippen molar-refractivity contribution in [2.24, 2.45) is 0 Å². The Kier molecular flexibility index (Phi) is 2.66. The first-order valence-corrected chi connectivity index (χ1v) is 5.75. The van der Waals surface area contributed by atoms with Crippen molar-refractivity contribution >= 4 is 39.8 Å². The van der Waals surface area contributed by atoms with Crippen LogP contribution in [0.1, 0.15) is 25.6 Å². The van der Waals surface area contributed by atoms with E-state index in [-0.39, 0.29) is 0 Å². The second kappa shape index (κ2) is 3.66. The maximum atomic E-state index is 6.11. The van der Waals surface area contributed by atoms with Gasteiger partial charge in [0.1, 0.15) is 0 Å². The molecule has 2 aromatic rings. The first-order chi connectivity index (χ1) is 6.59. The van der Waals surface area contributed by atoms with Crippen molar-refractivity contribution < 1.29 is 0 Å². The molecular weight excluding hydrogens is 312 g/mol. The summed E-state index contributed by atoms with van der Waals surface area (Å²) in [6.45, 7) is 4.13. The Morgan fingerprint density at radius 3 is 2.86 bits per heavy atom. The molecule has 0 unspecified atom stereocenters. The fourth-order valence-corrected chi connectivity index (χ4v) is 1.75. The molecule has 0 aliphatic heterocycles. The van der Waals surface area contributed by atoms with E-state index in [4.69, 9.17) is 11.6 Å². The Balaban J connectivity index is 2.71.